The summed E-state index contributed by atoms with van der Waals surface area (Å²) in [5.41, 5.74) is 2.62. The van der Waals surface area contributed by atoms with E-state index in [9.17, 15) is 9.59 Å². The number of hydrogen-bond donors (Lipinski definition) is 2. The Kier molecular flexibility index (Phi) is 4.74. The molecule has 0 saturated carbocycles. The number of aryl methyl sites for hydroxylation is 1. The molecule has 0 atom stereocenters. The standard InChI is InChI=1S/C18H19N3O4/c1-3-21-15-8-7-13(10-16(15)25-18(21)23)20-17(22)19-11-12-5-4-6-14(9-12)24-2/h4-10H,3,11H2,1-2H3,(H2,19,20,22). The number of benzene rings is 2. The van der Waals surface area contributed by atoms with Crippen LogP contribution in [0.1, 0.15) is 12.5 Å². The summed E-state index contributed by atoms with van der Waals surface area (Å²) in [6.07, 6.45) is 0. The third kappa shape index (κ3) is 3.65. The third-order valence-corrected chi connectivity index (χ3v) is 3.83. The van der Waals surface area contributed by atoms with Crippen molar-refractivity contribution in [2.24, 2.45) is 0 Å². The number of methoxy groups -OCH3 is 1. The normalized spacial score (nSPS) is 10.6. The molecule has 7 heteroatoms. The molecule has 7 nitrogen and oxygen atoms in total. The number of ether oxygens (including phenoxy) is 1. The molecule has 0 aliphatic heterocycles. The van der Waals surface area contributed by atoms with Crippen LogP contribution in [0.4, 0.5) is 10.5 Å². The Morgan fingerprint density at radius 1 is 1.24 bits per heavy atom. The molecule has 0 radical (unpaired) electrons. The molecule has 1 aromatic heterocycles. The minimum Gasteiger partial charge on any atom is -0.497 e. The van der Waals surface area contributed by atoms with E-state index in [0.29, 0.717) is 29.9 Å². The van der Waals surface area contributed by atoms with E-state index in [2.05, 4.69) is 10.6 Å². The highest BCUT2D eigenvalue weighted by atomic mass is 16.5. The van der Waals surface area contributed by atoms with E-state index >= 15 is 0 Å². The van der Waals surface area contributed by atoms with Gasteiger partial charge < -0.3 is 19.8 Å². The SMILES string of the molecule is CCn1c(=O)oc2cc(NC(=O)NCc3cccc(OC)c3)ccc21. The molecule has 0 spiro atoms. The zero-order valence-corrected chi connectivity index (χ0v) is 14.0. The second-order valence-corrected chi connectivity index (χ2v) is 5.45. The van der Waals surface area contributed by atoms with Gasteiger partial charge in [-0.15, -0.1) is 0 Å². The number of carbonyl (C=O) groups excluding carboxylic acids is 1. The van der Waals surface area contributed by atoms with E-state index in [4.69, 9.17) is 9.15 Å². The maximum Gasteiger partial charge on any atom is 0.419 e. The average Bonchev–Trinajstić information content (AvgIpc) is 2.94. The summed E-state index contributed by atoms with van der Waals surface area (Å²) in [5, 5.41) is 5.50. The molecule has 0 fully saturated rings. The lowest BCUT2D eigenvalue weighted by molar-refractivity contribution is 0.251. The number of carbonyl (C=O) groups is 1. The van der Waals surface area contributed by atoms with Crippen LogP contribution in [0, 0.1) is 0 Å². The van der Waals surface area contributed by atoms with Crippen LogP contribution >= 0.6 is 0 Å². The summed E-state index contributed by atoms with van der Waals surface area (Å²) in [6.45, 7) is 2.76. The van der Waals surface area contributed by atoms with Crippen LogP contribution in [-0.2, 0) is 13.1 Å². The summed E-state index contributed by atoms with van der Waals surface area (Å²) in [4.78, 5) is 23.8. The van der Waals surface area contributed by atoms with E-state index in [1.807, 2.05) is 31.2 Å². The summed E-state index contributed by atoms with van der Waals surface area (Å²) >= 11 is 0. The number of aromatic nitrogens is 1. The fourth-order valence-electron chi connectivity index (χ4n) is 2.58. The first-order valence-corrected chi connectivity index (χ1v) is 7.92. The highest BCUT2D eigenvalue weighted by molar-refractivity contribution is 5.91. The minimum atomic E-state index is -0.405. The van der Waals surface area contributed by atoms with Crippen molar-refractivity contribution in [1.29, 1.82) is 0 Å². The minimum absolute atomic E-state index is 0.348. The predicted molar refractivity (Wildman–Crippen MR) is 95.0 cm³/mol. The van der Waals surface area contributed by atoms with Gasteiger partial charge in [0.25, 0.3) is 0 Å². The Bertz CT molecular complexity index is 958. The van der Waals surface area contributed by atoms with Gasteiger partial charge in [0.05, 0.1) is 12.6 Å². The largest absolute Gasteiger partial charge is 0.497 e. The molecule has 0 aliphatic carbocycles. The van der Waals surface area contributed by atoms with Crippen molar-refractivity contribution in [2.45, 2.75) is 20.0 Å². The maximum atomic E-state index is 12.1. The number of oxazole rings is 1. The lowest BCUT2D eigenvalue weighted by atomic mass is 10.2. The van der Waals surface area contributed by atoms with Crippen molar-refractivity contribution in [3.8, 4) is 5.75 Å². The third-order valence-electron chi connectivity index (χ3n) is 3.83. The first kappa shape index (κ1) is 16.6. The van der Waals surface area contributed by atoms with Gasteiger partial charge in [-0.1, -0.05) is 12.1 Å². The quantitative estimate of drug-likeness (QED) is 0.747. The monoisotopic (exact) mass is 341 g/mol. The van der Waals surface area contributed by atoms with Crippen LogP contribution in [0.3, 0.4) is 0 Å². The van der Waals surface area contributed by atoms with Gasteiger partial charge in [0.2, 0.25) is 0 Å². The van der Waals surface area contributed by atoms with E-state index < -0.39 is 5.76 Å². The highest BCUT2D eigenvalue weighted by Gasteiger charge is 2.09. The van der Waals surface area contributed by atoms with Crippen molar-refractivity contribution in [3.63, 3.8) is 0 Å². The lowest BCUT2D eigenvalue weighted by Gasteiger charge is -2.08. The van der Waals surface area contributed by atoms with E-state index in [-0.39, 0.29) is 6.03 Å². The Labute approximate surface area is 144 Å². The highest BCUT2D eigenvalue weighted by Crippen LogP contribution is 2.18. The Balaban J connectivity index is 1.66. The van der Waals surface area contributed by atoms with Crippen molar-refractivity contribution in [3.05, 3.63) is 58.6 Å². The number of rotatable bonds is 5. The predicted octanol–water partition coefficient (Wildman–Crippen LogP) is 2.94. The Morgan fingerprint density at radius 3 is 2.84 bits per heavy atom. The van der Waals surface area contributed by atoms with Gasteiger partial charge in [-0.3, -0.25) is 4.57 Å². The molecule has 0 bridgehead atoms. The summed E-state index contributed by atoms with van der Waals surface area (Å²) < 4.78 is 11.9. The molecule has 0 aliphatic rings. The van der Waals surface area contributed by atoms with Gasteiger partial charge in [-0.05, 0) is 36.8 Å². The zero-order chi connectivity index (χ0) is 17.8. The van der Waals surface area contributed by atoms with Crippen LogP contribution in [-0.4, -0.2) is 17.7 Å². The molecule has 2 amide bonds. The van der Waals surface area contributed by atoms with Crippen LogP contribution in [0.5, 0.6) is 5.75 Å². The van der Waals surface area contributed by atoms with Crippen molar-refractivity contribution < 1.29 is 13.9 Å². The molecule has 0 saturated heterocycles. The summed E-state index contributed by atoms with van der Waals surface area (Å²) in [6, 6.07) is 12.2. The second kappa shape index (κ2) is 7.12. The average molecular weight is 341 g/mol. The number of fused-ring (bicyclic) bond motifs is 1. The number of anilines is 1. The van der Waals surface area contributed by atoms with E-state index in [1.54, 1.807) is 25.3 Å². The smallest absolute Gasteiger partial charge is 0.419 e. The van der Waals surface area contributed by atoms with E-state index in [0.717, 1.165) is 11.3 Å². The van der Waals surface area contributed by atoms with Crippen molar-refractivity contribution >= 4 is 22.8 Å². The first-order valence-electron chi connectivity index (χ1n) is 7.92. The number of nitrogens with zero attached hydrogens (tertiary/aromatic N) is 1. The lowest BCUT2D eigenvalue weighted by Crippen LogP contribution is -2.28. The number of nitrogens with one attached hydrogen (secondary N) is 2. The fraction of sp³-hybridized carbons (Fsp3) is 0.222. The van der Waals surface area contributed by atoms with E-state index in [1.165, 1.54) is 4.57 Å². The van der Waals surface area contributed by atoms with Gasteiger partial charge in [-0.25, -0.2) is 9.59 Å². The number of amides is 2. The second-order valence-electron chi connectivity index (χ2n) is 5.45. The zero-order valence-electron chi connectivity index (χ0n) is 14.0. The molecule has 2 N–H and O–H groups in total. The first-order chi connectivity index (χ1) is 12.1. The topological polar surface area (TPSA) is 85.5 Å². The summed E-state index contributed by atoms with van der Waals surface area (Å²) in [7, 11) is 1.60. The number of hydrogen-bond acceptors (Lipinski definition) is 4. The van der Waals surface area contributed by atoms with Gasteiger partial charge in [0.15, 0.2) is 5.58 Å². The molecule has 130 valence electrons. The van der Waals surface area contributed by atoms with Crippen molar-refractivity contribution in [2.75, 3.05) is 12.4 Å². The molecule has 3 rings (SSSR count). The molecular formula is C18H19N3O4. The van der Waals surface area contributed by atoms with Crippen molar-refractivity contribution in [1.82, 2.24) is 9.88 Å². The maximum absolute atomic E-state index is 12.1. The molecule has 1 heterocycles. The van der Waals surface area contributed by atoms with Gasteiger partial charge in [-0.2, -0.15) is 0 Å². The number of urea groups is 1. The molecule has 0 unspecified atom stereocenters. The summed E-state index contributed by atoms with van der Waals surface area (Å²) in [5.74, 6) is 0.331. The molecule has 25 heavy (non-hydrogen) atoms. The van der Waals surface area contributed by atoms with Crippen LogP contribution in [0.25, 0.3) is 11.1 Å². The van der Waals surface area contributed by atoms with Gasteiger partial charge in [0.1, 0.15) is 5.75 Å². The van der Waals surface area contributed by atoms with Crippen LogP contribution < -0.4 is 21.1 Å². The molecule has 3 aromatic rings. The molecule has 2 aromatic carbocycles. The fourth-order valence-corrected chi connectivity index (χ4v) is 2.58. The Morgan fingerprint density at radius 2 is 2.08 bits per heavy atom. The van der Waals surface area contributed by atoms with Gasteiger partial charge in [0, 0.05) is 24.8 Å². The Hall–Kier alpha value is -3.22. The van der Waals surface area contributed by atoms with Gasteiger partial charge >= 0.3 is 11.8 Å². The van der Waals surface area contributed by atoms with Crippen LogP contribution in [0.2, 0.25) is 0 Å². The van der Waals surface area contributed by atoms with Crippen LogP contribution in [0.15, 0.2) is 51.7 Å². The molecular weight excluding hydrogens is 322 g/mol.